The molecule has 0 aliphatic carbocycles. The molecule has 0 heterocycles. The molecule has 0 atom stereocenters. The van der Waals surface area contributed by atoms with Crippen molar-refractivity contribution in [1.29, 1.82) is 0 Å². The molecule has 0 amide bonds. The number of nitrogens with two attached hydrogens (primary N) is 2. The van der Waals surface area contributed by atoms with Crippen molar-refractivity contribution in [1.82, 2.24) is 0 Å². The average Bonchev–Trinajstić information content (AvgIpc) is 2.57. The van der Waals surface area contributed by atoms with Gasteiger partial charge in [0.05, 0.1) is 46.2 Å². The van der Waals surface area contributed by atoms with Crippen molar-refractivity contribution in [3.05, 3.63) is 0 Å². The molecule has 22 heavy (non-hydrogen) atoms. The standard InChI is InChI=1S/C8H19NO5.C5H9N.C2H6.2H2/c9-1-2-11-3-4-12-5-6-13-7-8-14-10;1-2-3-4-5-6;1-2;;/h10H,1-9H2;2,5-6H2,1H3;1-2H3;2*1H. The van der Waals surface area contributed by atoms with Gasteiger partial charge in [0.25, 0.3) is 0 Å². The summed E-state index contributed by atoms with van der Waals surface area (Å²) >= 11 is 0. The summed E-state index contributed by atoms with van der Waals surface area (Å²) in [4.78, 5) is 3.82. The van der Waals surface area contributed by atoms with Crippen LogP contribution in [0.4, 0.5) is 0 Å². The van der Waals surface area contributed by atoms with Crippen molar-refractivity contribution >= 4 is 0 Å². The maximum atomic E-state index is 7.95. The molecule has 0 aliphatic rings. The summed E-state index contributed by atoms with van der Waals surface area (Å²) in [5, 5.41) is 7.95. The van der Waals surface area contributed by atoms with E-state index in [1.807, 2.05) is 20.8 Å². The molecular formula is C15H38N2O5. The molecule has 0 aromatic carbocycles. The van der Waals surface area contributed by atoms with Gasteiger partial charge in [0.1, 0.15) is 6.61 Å². The van der Waals surface area contributed by atoms with Gasteiger partial charge in [-0.15, -0.1) is 5.92 Å². The van der Waals surface area contributed by atoms with Crippen molar-refractivity contribution in [3.63, 3.8) is 0 Å². The first kappa shape index (κ1) is 26.2. The third kappa shape index (κ3) is 36.5. The molecule has 0 radical (unpaired) electrons. The van der Waals surface area contributed by atoms with E-state index < -0.39 is 0 Å². The highest BCUT2D eigenvalue weighted by Gasteiger charge is 1.90. The Morgan fingerprint density at radius 2 is 1.27 bits per heavy atom. The normalized spacial score (nSPS) is 8.82. The Bertz CT molecular complexity index is 210. The third-order valence-electron chi connectivity index (χ3n) is 1.73. The van der Waals surface area contributed by atoms with Crippen LogP contribution in [0.3, 0.4) is 0 Å². The maximum absolute atomic E-state index is 7.95. The van der Waals surface area contributed by atoms with E-state index in [-0.39, 0.29) is 9.46 Å². The summed E-state index contributed by atoms with van der Waals surface area (Å²) in [5.41, 5.74) is 10.3. The van der Waals surface area contributed by atoms with Gasteiger partial charge >= 0.3 is 0 Å². The first-order valence-electron chi connectivity index (χ1n) is 7.68. The molecule has 0 spiro atoms. The second-order valence-corrected chi connectivity index (χ2v) is 3.37. The molecule has 0 aliphatic heterocycles. The van der Waals surface area contributed by atoms with E-state index in [1.54, 1.807) is 0 Å². The molecule has 0 saturated carbocycles. The zero-order valence-corrected chi connectivity index (χ0v) is 14.3. The van der Waals surface area contributed by atoms with Crippen molar-refractivity contribution in [2.45, 2.75) is 27.2 Å². The van der Waals surface area contributed by atoms with E-state index >= 15 is 0 Å². The fraction of sp³-hybridized carbons (Fsp3) is 0.867. The lowest BCUT2D eigenvalue weighted by atomic mass is 10.5. The van der Waals surface area contributed by atoms with Crippen LogP contribution in [-0.2, 0) is 19.1 Å². The summed E-state index contributed by atoms with van der Waals surface area (Å²) in [5.74, 6) is 5.55. The molecule has 0 aromatic rings. The Morgan fingerprint density at radius 3 is 1.59 bits per heavy atom. The molecule has 0 rings (SSSR count). The van der Waals surface area contributed by atoms with E-state index in [0.29, 0.717) is 52.7 Å². The Morgan fingerprint density at radius 1 is 0.818 bits per heavy atom. The van der Waals surface area contributed by atoms with Crippen LogP contribution >= 0.6 is 0 Å². The van der Waals surface area contributed by atoms with Gasteiger partial charge in [-0.05, 0) is 0 Å². The Kier molecular flexibility index (Phi) is 38.4. The van der Waals surface area contributed by atoms with Gasteiger partial charge in [0.15, 0.2) is 0 Å². The summed E-state index contributed by atoms with van der Waals surface area (Å²) in [6.45, 7) is 10.2. The van der Waals surface area contributed by atoms with Gasteiger partial charge in [0.2, 0.25) is 0 Å². The average molecular weight is 326 g/mol. The van der Waals surface area contributed by atoms with Crippen LogP contribution in [0.15, 0.2) is 0 Å². The van der Waals surface area contributed by atoms with E-state index in [9.17, 15) is 0 Å². The topological polar surface area (TPSA) is 109 Å². The number of ether oxygens (including phenoxy) is 3. The van der Waals surface area contributed by atoms with Crippen LogP contribution in [0.1, 0.15) is 30.0 Å². The van der Waals surface area contributed by atoms with Crippen LogP contribution < -0.4 is 11.5 Å². The summed E-state index contributed by atoms with van der Waals surface area (Å²) < 4.78 is 15.3. The van der Waals surface area contributed by atoms with Crippen molar-refractivity contribution in [2.24, 2.45) is 11.5 Å². The molecule has 0 unspecified atom stereocenters. The molecule has 5 N–H and O–H groups in total. The smallest absolute Gasteiger partial charge is 0.105 e. The zero-order chi connectivity index (χ0) is 17.3. The van der Waals surface area contributed by atoms with E-state index in [0.717, 1.165) is 6.42 Å². The molecule has 7 nitrogen and oxygen atoms in total. The molecular weight excluding hydrogens is 288 g/mol. The third-order valence-corrected chi connectivity index (χ3v) is 1.73. The molecule has 0 aromatic heterocycles. The molecule has 138 valence electrons. The van der Waals surface area contributed by atoms with Gasteiger partial charge in [-0.25, -0.2) is 4.89 Å². The lowest BCUT2D eigenvalue weighted by Crippen LogP contribution is -2.14. The lowest BCUT2D eigenvalue weighted by molar-refractivity contribution is -0.249. The Hall–Kier alpha value is -0.720. The number of hydrogen-bond acceptors (Lipinski definition) is 7. The first-order chi connectivity index (χ1) is 10.8. The number of rotatable bonds is 11. The van der Waals surface area contributed by atoms with Gasteiger partial charge < -0.3 is 25.7 Å². The van der Waals surface area contributed by atoms with Crippen LogP contribution in [0, 0.1) is 11.8 Å². The highest BCUT2D eigenvalue weighted by Crippen LogP contribution is 1.80. The lowest BCUT2D eigenvalue weighted by Gasteiger charge is -2.05. The van der Waals surface area contributed by atoms with Gasteiger partial charge in [0, 0.05) is 15.8 Å². The van der Waals surface area contributed by atoms with Gasteiger partial charge in [-0.3, -0.25) is 5.26 Å². The van der Waals surface area contributed by atoms with Crippen molar-refractivity contribution < 1.29 is 27.2 Å². The number of hydrogen-bond donors (Lipinski definition) is 3. The fourth-order valence-corrected chi connectivity index (χ4v) is 0.919. The van der Waals surface area contributed by atoms with E-state index in [2.05, 4.69) is 16.7 Å². The summed E-state index contributed by atoms with van der Waals surface area (Å²) in [7, 11) is 0. The minimum Gasteiger partial charge on any atom is -0.378 e. The molecule has 0 fully saturated rings. The fourth-order valence-electron chi connectivity index (χ4n) is 0.919. The molecule has 0 bridgehead atoms. The minimum atomic E-state index is 0. The summed E-state index contributed by atoms with van der Waals surface area (Å²) in [6.07, 6.45) is 0.914. The quantitative estimate of drug-likeness (QED) is 0.228. The van der Waals surface area contributed by atoms with Gasteiger partial charge in [-0.1, -0.05) is 26.7 Å². The van der Waals surface area contributed by atoms with Crippen LogP contribution in [-0.4, -0.2) is 64.6 Å². The molecule has 0 saturated heterocycles. The second kappa shape index (κ2) is 32.3. The minimum absolute atomic E-state index is 0. The first-order valence-corrected chi connectivity index (χ1v) is 7.68. The van der Waals surface area contributed by atoms with Crippen molar-refractivity contribution in [3.8, 4) is 11.8 Å². The summed E-state index contributed by atoms with van der Waals surface area (Å²) in [6, 6.07) is 0. The van der Waals surface area contributed by atoms with Crippen LogP contribution in [0.25, 0.3) is 0 Å². The Labute approximate surface area is 138 Å². The molecule has 7 heteroatoms. The monoisotopic (exact) mass is 326 g/mol. The zero-order valence-electron chi connectivity index (χ0n) is 14.3. The van der Waals surface area contributed by atoms with E-state index in [4.69, 9.17) is 30.9 Å². The predicted molar refractivity (Wildman–Crippen MR) is 92.8 cm³/mol. The van der Waals surface area contributed by atoms with Crippen LogP contribution in [0.2, 0.25) is 0 Å². The van der Waals surface area contributed by atoms with Gasteiger partial charge in [-0.2, -0.15) is 0 Å². The Balaban J connectivity index is -0.000000103. The second-order valence-electron chi connectivity index (χ2n) is 3.37. The van der Waals surface area contributed by atoms with E-state index in [1.165, 1.54) is 0 Å². The van der Waals surface area contributed by atoms with Crippen LogP contribution in [0.5, 0.6) is 0 Å². The highest BCUT2D eigenvalue weighted by atomic mass is 17.1. The van der Waals surface area contributed by atoms with Crippen molar-refractivity contribution in [2.75, 3.05) is 59.3 Å². The SMILES string of the molecule is CC.CCC#CCN.NCCOCCOCCOCCOO.[HH].[HH]. The largest absolute Gasteiger partial charge is 0.378 e. The predicted octanol–water partition coefficient (Wildman–Crippen LogP) is 1.36. The maximum Gasteiger partial charge on any atom is 0.105 e. The highest BCUT2D eigenvalue weighted by molar-refractivity contribution is 4.98.